The van der Waals surface area contributed by atoms with E-state index in [2.05, 4.69) is 71.2 Å². The molecular formula is C17H27BrN2. The van der Waals surface area contributed by atoms with E-state index in [1.54, 1.807) is 0 Å². The highest BCUT2D eigenvalue weighted by Crippen LogP contribution is 2.23. The van der Waals surface area contributed by atoms with E-state index >= 15 is 0 Å². The summed E-state index contributed by atoms with van der Waals surface area (Å²) in [5.74, 6) is 0.779. The van der Waals surface area contributed by atoms with Crippen LogP contribution in [0.3, 0.4) is 0 Å². The quantitative estimate of drug-likeness (QED) is 0.864. The lowest BCUT2D eigenvalue weighted by molar-refractivity contribution is 0.153. The number of piperidine rings is 1. The molecule has 1 N–H and O–H groups in total. The third kappa shape index (κ3) is 4.31. The van der Waals surface area contributed by atoms with Crippen molar-refractivity contribution in [2.45, 2.75) is 45.7 Å². The highest BCUT2D eigenvalue weighted by molar-refractivity contribution is 9.10. The molecule has 1 aliphatic rings. The maximum Gasteiger partial charge on any atom is 0.0294 e. The van der Waals surface area contributed by atoms with Crippen LogP contribution in [0.2, 0.25) is 0 Å². The van der Waals surface area contributed by atoms with Crippen LogP contribution in [0.15, 0.2) is 28.7 Å². The number of rotatable bonds is 5. The molecule has 1 aromatic carbocycles. The predicted octanol–water partition coefficient (Wildman–Crippen LogP) is 4.22. The van der Waals surface area contributed by atoms with Crippen LogP contribution in [0.1, 0.15) is 45.2 Å². The fraction of sp³-hybridized carbons (Fsp3) is 0.647. The zero-order valence-corrected chi connectivity index (χ0v) is 14.5. The van der Waals surface area contributed by atoms with Crippen molar-refractivity contribution < 1.29 is 0 Å². The average molecular weight is 339 g/mol. The van der Waals surface area contributed by atoms with Crippen LogP contribution in [0.4, 0.5) is 0 Å². The van der Waals surface area contributed by atoms with E-state index in [9.17, 15) is 0 Å². The molecule has 1 aromatic rings. The van der Waals surface area contributed by atoms with Crippen molar-refractivity contribution in [2.24, 2.45) is 5.92 Å². The van der Waals surface area contributed by atoms with E-state index in [-0.39, 0.29) is 0 Å². The third-order valence-electron chi connectivity index (χ3n) is 4.58. The molecule has 0 saturated carbocycles. The molecule has 1 fully saturated rings. The van der Waals surface area contributed by atoms with Crippen molar-refractivity contribution in [3.05, 3.63) is 34.3 Å². The first-order valence-electron chi connectivity index (χ1n) is 7.84. The smallest absolute Gasteiger partial charge is 0.0294 e. The van der Waals surface area contributed by atoms with Crippen molar-refractivity contribution in [1.29, 1.82) is 0 Å². The van der Waals surface area contributed by atoms with Gasteiger partial charge in [-0.1, -0.05) is 35.0 Å². The van der Waals surface area contributed by atoms with Gasteiger partial charge >= 0.3 is 0 Å². The predicted molar refractivity (Wildman–Crippen MR) is 90.0 cm³/mol. The van der Waals surface area contributed by atoms with Gasteiger partial charge in [-0.2, -0.15) is 0 Å². The number of benzene rings is 1. The Hall–Kier alpha value is -0.380. The summed E-state index contributed by atoms with van der Waals surface area (Å²) in [6.45, 7) is 10.6. The Balaban J connectivity index is 1.89. The number of nitrogens with one attached hydrogen (secondary N) is 1. The summed E-state index contributed by atoms with van der Waals surface area (Å²) in [6.07, 6.45) is 2.70. The van der Waals surface area contributed by atoms with Gasteiger partial charge in [0.2, 0.25) is 0 Å². The molecule has 3 atom stereocenters. The zero-order valence-electron chi connectivity index (χ0n) is 12.9. The zero-order chi connectivity index (χ0) is 14.5. The van der Waals surface area contributed by atoms with Crippen molar-refractivity contribution in [2.75, 3.05) is 19.6 Å². The fourth-order valence-electron chi connectivity index (χ4n) is 3.16. The highest BCUT2D eigenvalue weighted by Gasteiger charge is 2.24. The minimum Gasteiger partial charge on any atom is -0.307 e. The Morgan fingerprint density at radius 1 is 1.30 bits per heavy atom. The summed E-state index contributed by atoms with van der Waals surface area (Å²) in [6, 6.07) is 9.63. The molecule has 0 radical (unpaired) electrons. The molecule has 0 bridgehead atoms. The third-order valence-corrected chi connectivity index (χ3v) is 5.11. The van der Waals surface area contributed by atoms with Gasteiger partial charge in [-0.25, -0.2) is 0 Å². The maximum absolute atomic E-state index is 3.79. The number of halogens is 1. The second-order valence-corrected chi connectivity index (χ2v) is 6.94. The molecule has 1 saturated heterocycles. The Kier molecular flexibility index (Phi) is 6.06. The molecule has 0 spiro atoms. The van der Waals surface area contributed by atoms with Gasteiger partial charge in [-0.15, -0.1) is 0 Å². The van der Waals surface area contributed by atoms with Gasteiger partial charge in [0.25, 0.3) is 0 Å². The maximum atomic E-state index is 3.79. The standard InChI is InChI=1S/C17H27BrN2/c1-4-20-11-5-6-16(12-20)14(3)19-13(2)15-7-9-17(18)10-8-15/h7-10,13-14,16,19H,4-6,11-12H2,1-3H3/t13-,14?,16?/m1/s1. The second kappa shape index (κ2) is 7.58. The molecule has 0 amide bonds. The minimum absolute atomic E-state index is 0.412. The van der Waals surface area contributed by atoms with E-state index in [1.807, 2.05) is 0 Å². The number of nitrogens with zero attached hydrogens (tertiary/aromatic N) is 1. The van der Waals surface area contributed by atoms with Gasteiger partial charge < -0.3 is 10.2 Å². The topological polar surface area (TPSA) is 15.3 Å². The minimum atomic E-state index is 0.412. The molecule has 0 aliphatic carbocycles. The van der Waals surface area contributed by atoms with Crippen LogP contribution < -0.4 is 5.32 Å². The Morgan fingerprint density at radius 2 is 2.00 bits per heavy atom. The SMILES string of the molecule is CCN1CCCC(C(C)N[C@H](C)c2ccc(Br)cc2)C1. The van der Waals surface area contributed by atoms with Crippen LogP contribution in [0, 0.1) is 5.92 Å². The molecule has 1 heterocycles. The summed E-state index contributed by atoms with van der Waals surface area (Å²) in [4.78, 5) is 2.58. The largest absolute Gasteiger partial charge is 0.307 e. The van der Waals surface area contributed by atoms with E-state index in [0.29, 0.717) is 12.1 Å². The van der Waals surface area contributed by atoms with Gasteiger partial charge in [0.15, 0.2) is 0 Å². The van der Waals surface area contributed by atoms with Gasteiger partial charge in [0.05, 0.1) is 0 Å². The fourth-order valence-corrected chi connectivity index (χ4v) is 3.43. The highest BCUT2D eigenvalue weighted by atomic mass is 79.9. The molecule has 20 heavy (non-hydrogen) atoms. The van der Waals surface area contributed by atoms with Crippen molar-refractivity contribution >= 4 is 15.9 Å². The summed E-state index contributed by atoms with van der Waals surface area (Å²) in [7, 11) is 0. The molecule has 2 unspecified atom stereocenters. The first-order valence-corrected chi connectivity index (χ1v) is 8.63. The van der Waals surface area contributed by atoms with Crippen LogP contribution in [0.25, 0.3) is 0 Å². The number of likely N-dealkylation sites (tertiary alicyclic amines) is 1. The van der Waals surface area contributed by atoms with Crippen LogP contribution in [0.5, 0.6) is 0 Å². The van der Waals surface area contributed by atoms with E-state index in [4.69, 9.17) is 0 Å². The summed E-state index contributed by atoms with van der Waals surface area (Å²) < 4.78 is 1.15. The van der Waals surface area contributed by atoms with E-state index in [0.717, 1.165) is 10.4 Å². The lowest BCUT2D eigenvalue weighted by atomic mass is 9.90. The van der Waals surface area contributed by atoms with Gasteiger partial charge in [-0.05, 0) is 63.4 Å². The van der Waals surface area contributed by atoms with Gasteiger partial charge in [0, 0.05) is 23.1 Å². The van der Waals surface area contributed by atoms with Crippen LogP contribution in [-0.2, 0) is 0 Å². The van der Waals surface area contributed by atoms with E-state index in [1.165, 1.54) is 38.0 Å². The summed E-state index contributed by atoms with van der Waals surface area (Å²) in [5.41, 5.74) is 1.36. The number of hydrogen-bond acceptors (Lipinski definition) is 2. The van der Waals surface area contributed by atoms with Crippen LogP contribution >= 0.6 is 15.9 Å². The average Bonchev–Trinajstić information content (AvgIpc) is 2.47. The van der Waals surface area contributed by atoms with Gasteiger partial charge in [0.1, 0.15) is 0 Å². The van der Waals surface area contributed by atoms with Crippen molar-refractivity contribution in [3.63, 3.8) is 0 Å². The lowest BCUT2D eigenvalue weighted by Crippen LogP contribution is -2.44. The summed E-state index contributed by atoms with van der Waals surface area (Å²) >= 11 is 3.50. The first kappa shape index (κ1) is 16.0. The number of hydrogen-bond donors (Lipinski definition) is 1. The van der Waals surface area contributed by atoms with E-state index < -0.39 is 0 Å². The van der Waals surface area contributed by atoms with Crippen LogP contribution in [-0.4, -0.2) is 30.6 Å². The normalized spacial score (nSPS) is 23.5. The monoisotopic (exact) mass is 338 g/mol. The molecular weight excluding hydrogens is 312 g/mol. The molecule has 1 aliphatic heterocycles. The Morgan fingerprint density at radius 3 is 2.65 bits per heavy atom. The molecule has 0 aromatic heterocycles. The molecule has 2 nitrogen and oxygen atoms in total. The van der Waals surface area contributed by atoms with Crippen molar-refractivity contribution in [1.82, 2.24) is 10.2 Å². The molecule has 112 valence electrons. The Bertz CT molecular complexity index is 404. The second-order valence-electron chi connectivity index (χ2n) is 6.02. The lowest BCUT2D eigenvalue weighted by Gasteiger charge is -2.36. The Labute approximate surface area is 132 Å². The summed E-state index contributed by atoms with van der Waals surface area (Å²) in [5, 5.41) is 3.79. The first-order chi connectivity index (χ1) is 9.60. The van der Waals surface area contributed by atoms with Crippen molar-refractivity contribution in [3.8, 4) is 0 Å². The van der Waals surface area contributed by atoms with Gasteiger partial charge in [-0.3, -0.25) is 0 Å². The molecule has 3 heteroatoms. The molecule has 2 rings (SSSR count).